The molecule has 1 aromatic heterocycles. The third-order valence-corrected chi connectivity index (χ3v) is 7.07. The molecule has 190 valence electrons. The predicted molar refractivity (Wildman–Crippen MR) is 138 cm³/mol. The number of aryl methyl sites for hydroxylation is 1. The Balaban J connectivity index is 1.14. The fourth-order valence-electron chi connectivity index (χ4n) is 4.94. The fraction of sp³-hybridized carbons (Fsp3) is 0.577. The van der Waals surface area contributed by atoms with Crippen molar-refractivity contribution < 1.29 is 9.53 Å². The predicted octanol–water partition coefficient (Wildman–Crippen LogP) is 1.35. The number of nitrogens with zero attached hydrogens (tertiary/aromatic N) is 5. The highest BCUT2D eigenvalue weighted by atomic mass is 16.5. The maximum absolute atomic E-state index is 12.7. The lowest BCUT2D eigenvalue weighted by molar-refractivity contribution is -0.124. The van der Waals surface area contributed by atoms with Gasteiger partial charge in [-0.15, -0.1) is 0 Å². The van der Waals surface area contributed by atoms with Gasteiger partial charge in [-0.3, -0.25) is 14.5 Å². The van der Waals surface area contributed by atoms with E-state index in [0.717, 1.165) is 57.8 Å². The Hall–Kier alpha value is -2.91. The fourth-order valence-corrected chi connectivity index (χ4v) is 4.94. The zero-order valence-electron chi connectivity index (χ0n) is 21.0. The van der Waals surface area contributed by atoms with E-state index < -0.39 is 0 Å². The number of rotatable bonds is 10. The average molecular weight is 483 g/mol. The summed E-state index contributed by atoms with van der Waals surface area (Å²) in [6.07, 6.45) is 3.45. The maximum Gasteiger partial charge on any atom is 0.268 e. The highest BCUT2D eigenvalue weighted by molar-refractivity contribution is 5.80. The van der Waals surface area contributed by atoms with Gasteiger partial charge in [0.25, 0.3) is 5.56 Å². The first-order valence-electron chi connectivity index (χ1n) is 12.7. The van der Waals surface area contributed by atoms with Crippen LogP contribution >= 0.6 is 0 Å². The number of hydrogen-bond acceptors (Lipinski definition) is 7. The standard InChI is InChI=1S/C26H38N6O3/c1-21-6-3-4-7-24(21)30-14-12-29(13-15-30)10-5-9-27-26(34)22-8-11-31(20-22)23-18-25(33)32(28-19-23)16-17-35-2/h3-4,6-7,18-19,22H,5,8-17,20H2,1-2H3,(H,27,34). The van der Waals surface area contributed by atoms with E-state index in [1.54, 1.807) is 19.4 Å². The third kappa shape index (κ3) is 6.61. The molecule has 3 heterocycles. The number of benzene rings is 1. The van der Waals surface area contributed by atoms with Crippen LogP contribution in [0.5, 0.6) is 0 Å². The van der Waals surface area contributed by atoms with Crippen LogP contribution in [-0.2, 0) is 16.1 Å². The van der Waals surface area contributed by atoms with Crippen LogP contribution in [0.1, 0.15) is 18.4 Å². The molecule has 0 radical (unpaired) electrons. The van der Waals surface area contributed by atoms with Crippen LogP contribution in [-0.4, -0.2) is 86.7 Å². The van der Waals surface area contributed by atoms with E-state index in [2.05, 4.69) is 56.3 Å². The van der Waals surface area contributed by atoms with Gasteiger partial charge in [-0.1, -0.05) is 18.2 Å². The minimum Gasteiger partial charge on any atom is -0.383 e. The van der Waals surface area contributed by atoms with Crippen molar-refractivity contribution in [1.82, 2.24) is 20.0 Å². The second kappa shape index (κ2) is 12.2. The topological polar surface area (TPSA) is 82.9 Å². The van der Waals surface area contributed by atoms with Crippen molar-refractivity contribution >= 4 is 17.3 Å². The summed E-state index contributed by atoms with van der Waals surface area (Å²) in [5.41, 5.74) is 3.31. The molecule has 1 amide bonds. The van der Waals surface area contributed by atoms with Gasteiger partial charge in [0.05, 0.1) is 31.0 Å². The SMILES string of the molecule is COCCn1ncc(N2CCC(C(=O)NCCCN3CCN(c4ccccc4C)CC3)C2)cc1=O. The zero-order valence-corrected chi connectivity index (χ0v) is 21.0. The monoisotopic (exact) mass is 482 g/mol. The first-order chi connectivity index (χ1) is 17.0. The van der Waals surface area contributed by atoms with E-state index in [4.69, 9.17) is 4.74 Å². The summed E-state index contributed by atoms with van der Waals surface area (Å²) >= 11 is 0. The number of amides is 1. The number of para-hydroxylation sites is 1. The molecule has 1 unspecified atom stereocenters. The Morgan fingerprint density at radius 3 is 2.66 bits per heavy atom. The normalized spacial score (nSPS) is 18.7. The van der Waals surface area contributed by atoms with E-state index in [1.807, 2.05) is 0 Å². The lowest BCUT2D eigenvalue weighted by Crippen LogP contribution is -2.47. The lowest BCUT2D eigenvalue weighted by atomic mass is 10.1. The second-order valence-corrected chi connectivity index (χ2v) is 9.46. The summed E-state index contributed by atoms with van der Waals surface area (Å²) in [6, 6.07) is 10.2. The Morgan fingerprint density at radius 2 is 1.91 bits per heavy atom. The molecule has 2 aliphatic rings. The van der Waals surface area contributed by atoms with E-state index in [-0.39, 0.29) is 17.4 Å². The molecule has 2 aromatic rings. The van der Waals surface area contributed by atoms with Crippen molar-refractivity contribution in [3.05, 3.63) is 52.4 Å². The van der Waals surface area contributed by atoms with Crippen LogP contribution < -0.4 is 20.7 Å². The molecule has 2 fully saturated rings. The molecule has 0 spiro atoms. The van der Waals surface area contributed by atoms with Crippen molar-refractivity contribution in [2.45, 2.75) is 26.3 Å². The van der Waals surface area contributed by atoms with E-state index in [1.165, 1.54) is 15.9 Å². The summed E-state index contributed by atoms with van der Waals surface area (Å²) in [5, 5.41) is 7.36. The minimum absolute atomic E-state index is 0.0522. The van der Waals surface area contributed by atoms with Gasteiger partial charge >= 0.3 is 0 Å². The van der Waals surface area contributed by atoms with Crippen molar-refractivity contribution in [3.8, 4) is 0 Å². The number of ether oxygens (including phenoxy) is 1. The number of aromatic nitrogens is 2. The molecule has 4 rings (SSSR count). The van der Waals surface area contributed by atoms with Gasteiger partial charge in [0, 0.05) is 64.7 Å². The van der Waals surface area contributed by atoms with E-state index in [0.29, 0.717) is 26.2 Å². The molecule has 2 saturated heterocycles. The number of piperazine rings is 1. The van der Waals surface area contributed by atoms with Crippen LogP contribution in [0.2, 0.25) is 0 Å². The molecule has 1 aromatic carbocycles. The van der Waals surface area contributed by atoms with Crippen LogP contribution in [0.15, 0.2) is 41.3 Å². The molecule has 9 nitrogen and oxygen atoms in total. The van der Waals surface area contributed by atoms with E-state index in [9.17, 15) is 9.59 Å². The Morgan fingerprint density at radius 1 is 1.11 bits per heavy atom. The summed E-state index contributed by atoms with van der Waals surface area (Å²) in [5.74, 6) is 0.0573. The molecule has 0 aliphatic carbocycles. The number of methoxy groups -OCH3 is 1. The second-order valence-electron chi connectivity index (χ2n) is 9.46. The maximum atomic E-state index is 12.7. The van der Waals surface area contributed by atoms with Crippen molar-refractivity contribution in [1.29, 1.82) is 0 Å². The Labute approximate surface area is 207 Å². The smallest absolute Gasteiger partial charge is 0.268 e. The number of anilines is 2. The first-order valence-corrected chi connectivity index (χ1v) is 12.7. The van der Waals surface area contributed by atoms with Crippen molar-refractivity contribution in [2.24, 2.45) is 5.92 Å². The number of nitrogens with one attached hydrogen (secondary N) is 1. The summed E-state index contributed by atoms with van der Waals surface area (Å²) in [4.78, 5) is 32.0. The summed E-state index contributed by atoms with van der Waals surface area (Å²) in [6.45, 7) is 10.3. The number of hydrogen-bond donors (Lipinski definition) is 1. The Kier molecular flexibility index (Phi) is 8.76. The molecular formula is C26H38N6O3. The average Bonchev–Trinajstić information content (AvgIpc) is 3.37. The van der Waals surface area contributed by atoms with Gasteiger partial charge < -0.3 is 19.9 Å². The minimum atomic E-state index is -0.146. The van der Waals surface area contributed by atoms with E-state index >= 15 is 0 Å². The van der Waals surface area contributed by atoms with Crippen LogP contribution in [0.4, 0.5) is 11.4 Å². The molecule has 0 bridgehead atoms. The molecule has 1 atom stereocenters. The highest BCUT2D eigenvalue weighted by Crippen LogP contribution is 2.23. The van der Waals surface area contributed by atoms with Gasteiger partial charge in [0.1, 0.15) is 0 Å². The van der Waals surface area contributed by atoms with Crippen molar-refractivity contribution in [2.75, 3.05) is 75.9 Å². The Bertz CT molecular complexity index is 1030. The summed E-state index contributed by atoms with van der Waals surface area (Å²) in [7, 11) is 1.60. The van der Waals surface area contributed by atoms with Crippen molar-refractivity contribution in [3.63, 3.8) is 0 Å². The van der Waals surface area contributed by atoms with Crippen LogP contribution in [0, 0.1) is 12.8 Å². The molecule has 9 heteroatoms. The summed E-state index contributed by atoms with van der Waals surface area (Å²) < 4.78 is 6.41. The third-order valence-electron chi connectivity index (χ3n) is 7.07. The van der Waals surface area contributed by atoms with Gasteiger partial charge in [-0.25, -0.2) is 4.68 Å². The number of carbonyl (C=O) groups excluding carboxylic acids is 1. The zero-order chi connectivity index (χ0) is 24.6. The molecular weight excluding hydrogens is 444 g/mol. The van der Waals surface area contributed by atoms with Crippen LogP contribution in [0.25, 0.3) is 0 Å². The van der Waals surface area contributed by atoms with Crippen LogP contribution in [0.3, 0.4) is 0 Å². The quantitative estimate of drug-likeness (QED) is 0.512. The molecule has 35 heavy (non-hydrogen) atoms. The van der Waals surface area contributed by atoms with Gasteiger partial charge in [-0.05, 0) is 37.9 Å². The largest absolute Gasteiger partial charge is 0.383 e. The van der Waals surface area contributed by atoms with Gasteiger partial charge in [0.15, 0.2) is 0 Å². The first kappa shape index (κ1) is 25.2. The molecule has 2 aliphatic heterocycles. The van der Waals surface area contributed by atoms with Gasteiger partial charge in [0.2, 0.25) is 5.91 Å². The number of carbonyl (C=O) groups is 1. The highest BCUT2D eigenvalue weighted by Gasteiger charge is 2.28. The van der Waals surface area contributed by atoms with Gasteiger partial charge in [-0.2, -0.15) is 5.10 Å². The molecule has 1 N–H and O–H groups in total. The molecule has 0 saturated carbocycles. The lowest BCUT2D eigenvalue weighted by Gasteiger charge is -2.36.